The van der Waals surface area contributed by atoms with Gasteiger partial charge in [-0.15, -0.1) is 12.4 Å². The van der Waals surface area contributed by atoms with E-state index in [2.05, 4.69) is 31.4 Å². The lowest BCUT2D eigenvalue weighted by Gasteiger charge is -2.54. The van der Waals surface area contributed by atoms with E-state index >= 15 is 0 Å². The minimum absolute atomic E-state index is 0. The number of piperidine rings is 1. The lowest BCUT2D eigenvalue weighted by molar-refractivity contribution is -0.138. The van der Waals surface area contributed by atoms with Crippen molar-refractivity contribution in [2.45, 2.75) is 58.6 Å². The van der Waals surface area contributed by atoms with Gasteiger partial charge in [-0.1, -0.05) is 20.8 Å². The quantitative estimate of drug-likeness (QED) is 0.832. The summed E-state index contributed by atoms with van der Waals surface area (Å²) in [6.45, 7) is 9.75. The maximum absolute atomic E-state index is 12.4. The van der Waals surface area contributed by atoms with Crippen molar-refractivity contribution in [2.24, 2.45) is 23.2 Å². The van der Waals surface area contributed by atoms with Crippen molar-refractivity contribution in [3.8, 4) is 0 Å². The van der Waals surface area contributed by atoms with Gasteiger partial charge in [0, 0.05) is 30.4 Å². The standard InChI is InChI=1S/C17H30N2O2.ClH/c1-11(12-4-7-18-8-5-12)10-14(20)19-15-13-6-9-21-16(13)17(15,2)3;/h11-13,15-16,18H,4-10H2,1-3H3,(H,19,20);1H. The molecule has 22 heavy (non-hydrogen) atoms. The van der Waals surface area contributed by atoms with Crippen LogP contribution in [0.4, 0.5) is 0 Å². The SMILES string of the molecule is CC(CC(=O)NC1C2CCOC2C1(C)C)C1CCNCC1.Cl. The van der Waals surface area contributed by atoms with Crippen molar-refractivity contribution < 1.29 is 9.53 Å². The Morgan fingerprint density at radius 1 is 1.32 bits per heavy atom. The van der Waals surface area contributed by atoms with Crippen LogP contribution >= 0.6 is 12.4 Å². The summed E-state index contributed by atoms with van der Waals surface area (Å²) in [7, 11) is 0. The molecule has 3 fully saturated rings. The van der Waals surface area contributed by atoms with Crippen LogP contribution in [0.15, 0.2) is 0 Å². The first-order valence-corrected chi connectivity index (χ1v) is 8.62. The van der Waals surface area contributed by atoms with Crippen LogP contribution in [-0.2, 0) is 9.53 Å². The summed E-state index contributed by atoms with van der Waals surface area (Å²) in [6.07, 6.45) is 4.55. The van der Waals surface area contributed by atoms with Crippen LogP contribution in [0.1, 0.15) is 46.5 Å². The Morgan fingerprint density at radius 3 is 2.68 bits per heavy atom. The Morgan fingerprint density at radius 2 is 2.00 bits per heavy atom. The van der Waals surface area contributed by atoms with Gasteiger partial charge in [0.05, 0.1) is 6.10 Å². The van der Waals surface area contributed by atoms with Crippen molar-refractivity contribution in [2.75, 3.05) is 19.7 Å². The smallest absolute Gasteiger partial charge is 0.220 e. The summed E-state index contributed by atoms with van der Waals surface area (Å²) in [5.74, 6) is 1.97. The third kappa shape index (κ3) is 3.29. The van der Waals surface area contributed by atoms with E-state index in [9.17, 15) is 4.79 Å². The number of hydrogen-bond acceptors (Lipinski definition) is 3. The van der Waals surface area contributed by atoms with Crippen LogP contribution in [0.2, 0.25) is 0 Å². The summed E-state index contributed by atoms with van der Waals surface area (Å²) in [4.78, 5) is 12.4. The molecule has 0 aromatic heterocycles. The van der Waals surface area contributed by atoms with Crippen LogP contribution in [0.25, 0.3) is 0 Å². The van der Waals surface area contributed by atoms with Gasteiger partial charge >= 0.3 is 0 Å². The molecule has 5 heteroatoms. The number of halogens is 1. The van der Waals surface area contributed by atoms with Crippen molar-refractivity contribution in [1.82, 2.24) is 10.6 Å². The topological polar surface area (TPSA) is 50.4 Å². The van der Waals surface area contributed by atoms with Gasteiger partial charge in [0.1, 0.15) is 0 Å². The molecule has 3 aliphatic rings. The van der Waals surface area contributed by atoms with E-state index in [1.165, 1.54) is 12.8 Å². The molecular weight excluding hydrogens is 300 g/mol. The highest BCUT2D eigenvalue weighted by Crippen LogP contribution is 2.52. The van der Waals surface area contributed by atoms with Gasteiger partial charge in [0.25, 0.3) is 0 Å². The molecule has 0 spiro atoms. The van der Waals surface area contributed by atoms with Crippen molar-refractivity contribution in [3.63, 3.8) is 0 Å². The number of fused-ring (bicyclic) bond motifs is 1. The second-order valence-electron chi connectivity index (χ2n) is 7.88. The first kappa shape index (κ1) is 18.0. The van der Waals surface area contributed by atoms with E-state index < -0.39 is 0 Å². The number of nitrogens with one attached hydrogen (secondary N) is 2. The Labute approximate surface area is 140 Å². The first-order chi connectivity index (χ1) is 10.00. The van der Waals surface area contributed by atoms with E-state index in [0.29, 0.717) is 36.3 Å². The summed E-state index contributed by atoms with van der Waals surface area (Å²) in [6, 6.07) is 0.303. The summed E-state index contributed by atoms with van der Waals surface area (Å²) < 4.78 is 5.80. The van der Waals surface area contributed by atoms with Gasteiger partial charge in [0.15, 0.2) is 0 Å². The lowest BCUT2D eigenvalue weighted by Crippen LogP contribution is -2.66. The van der Waals surface area contributed by atoms with E-state index in [1.807, 2.05) is 0 Å². The molecule has 0 radical (unpaired) electrons. The molecule has 1 saturated carbocycles. The fourth-order valence-corrected chi connectivity index (χ4v) is 4.72. The van der Waals surface area contributed by atoms with Gasteiger partial charge < -0.3 is 15.4 Å². The van der Waals surface area contributed by atoms with Crippen molar-refractivity contribution in [1.29, 1.82) is 0 Å². The maximum atomic E-state index is 12.4. The van der Waals surface area contributed by atoms with Crippen LogP contribution < -0.4 is 10.6 Å². The molecule has 0 bridgehead atoms. The molecule has 4 nitrogen and oxygen atoms in total. The Bertz CT molecular complexity index is 396. The fourth-order valence-electron chi connectivity index (χ4n) is 4.72. The van der Waals surface area contributed by atoms with E-state index in [1.54, 1.807) is 0 Å². The molecule has 4 unspecified atom stereocenters. The molecule has 1 amide bonds. The van der Waals surface area contributed by atoms with Crippen LogP contribution in [0.3, 0.4) is 0 Å². The summed E-state index contributed by atoms with van der Waals surface area (Å²) >= 11 is 0. The number of carbonyl (C=O) groups excluding carboxylic acids is 1. The lowest BCUT2D eigenvalue weighted by atomic mass is 9.57. The molecule has 0 aromatic rings. The minimum atomic E-state index is 0. The predicted molar refractivity (Wildman–Crippen MR) is 90.2 cm³/mol. The molecule has 2 heterocycles. The Kier molecular flexibility index (Phi) is 5.79. The maximum Gasteiger partial charge on any atom is 0.220 e. The van der Waals surface area contributed by atoms with Gasteiger partial charge in [-0.05, 0) is 44.2 Å². The second kappa shape index (κ2) is 7.06. The molecule has 2 saturated heterocycles. The molecule has 128 valence electrons. The monoisotopic (exact) mass is 330 g/mol. The van der Waals surface area contributed by atoms with Crippen molar-refractivity contribution in [3.05, 3.63) is 0 Å². The molecule has 3 rings (SSSR count). The number of rotatable bonds is 4. The van der Waals surface area contributed by atoms with Gasteiger partial charge in [-0.3, -0.25) is 4.79 Å². The van der Waals surface area contributed by atoms with Gasteiger partial charge in [-0.2, -0.15) is 0 Å². The number of hydrogen-bond donors (Lipinski definition) is 2. The highest BCUT2D eigenvalue weighted by molar-refractivity contribution is 5.85. The summed E-state index contributed by atoms with van der Waals surface area (Å²) in [5, 5.41) is 6.71. The zero-order valence-corrected chi connectivity index (χ0v) is 14.9. The van der Waals surface area contributed by atoms with E-state index in [0.717, 1.165) is 26.1 Å². The Balaban J connectivity index is 0.00000176. The highest BCUT2D eigenvalue weighted by atomic mass is 35.5. The number of amides is 1. The number of carbonyl (C=O) groups is 1. The van der Waals surface area contributed by atoms with E-state index in [4.69, 9.17) is 4.74 Å². The third-order valence-electron chi connectivity index (χ3n) is 6.11. The van der Waals surface area contributed by atoms with Crippen LogP contribution in [0, 0.1) is 23.2 Å². The summed E-state index contributed by atoms with van der Waals surface area (Å²) in [5.41, 5.74) is 0.0921. The normalized spacial score (nSPS) is 35.0. The zero-order chi connectivity index (χ0) is 15.0. The molecule has 2 aliphatic heterocycles. The van der Waals surface area contributed by atoms with Crippen LogP contribution in [0.5, 0.6) is 0 Å². The average Bonchev–Trinajstić information content (AvgIpc) is 2.93. The van der Waals surface area contributed by atoms with Gasteiger partial charge in [-0.25, -0.2) is 0 Å². The minimum Gasteiger partial charge on any atom is -0.377 e. The van der Waals surface area contributed by atoms with E-state index in [-0.39, 0.29) is 23.7 Å². The molecule has 4 atom stereocenters. The first-order valence-electron chi connectivity index (χ1n) is 8.62. The Hall–Kier alpha value is -0.320. The fraction of sp³-hybridized carbons (Fsp3) is 0.941. The van der Waals surface area contributed by atoms with Gasteiger partial charge in [0.2, 0.25) is 5.91 Å². The second-order valence-corrected chi connectivity index (χ2v) is 7.88. The average molecular weight is 331 g/mol. The highest BCUT2D eigenvalue weighted by Gasteiger charge is 2.59. The molecule has 2 N–H and O–H groups in total. The molecular formula is C17H31ClN2O2. The molecule has 1 aliphatic carbocycles. The largest absolute Gasteiger partial charge is 0.377 e. The van der Waals surface area contributed by atoms with Crippen molar-refractivity contribution >= 4 is 18.3 Å². The van der Waals surface area contributed by atoms with Crippen LogP contribution in [-0.4, -0.2) is 37.7 Å². The third-order valence-corrected chi connectivity index (χ3v) is 6.11. The molecule has 0 aromatic carbocycles. The zero-order valence-electron chi connectivity index (χ0n) is 14.1. The number of ether oxygens (including phenoxy) is 1. The predicted octanol–water partition coefficient (Wildman–Crippen LogP) is 2.36.